The Morgan fingerprint density at radius 2 is 2.08 bits per heavy atom. The average molecular weight is 535 g/mol. The van der Waals surface area contributed by atoms with Gasteiger partial charge in [0.05, 0.1) is 47.7 Å². The summed E-state index contributed by atoms with van der Waals surface area (Å²) in [5, 5.41) is 3.72. The Balaban J connectivity index is 1.57. The number of fused-ring (bicyclic) bond motifs is 5. The molecule has 1 amide bonds. The lowest BCUT2D eigenvalue weighted by molar-refractivity contribution is -0.148. The Morgan fingerprint density at radius 1 is 1.28 bits per heavy atom. The van der Waals surface area contributed by atoms with Gasteiger partial charge in [0, 0.05) is 24.1 Å². The first kappa shape index (κ1) is 25.6. The van der Waals surface area contributed by atoms with E-state index < -0.39 is 5.92 Å². The Morgan fingerprint density at radius 3 is 2.82 bits per heavy atom. The molecular weight excluding hydrogens is 503 g/mol. The highest BCUT2D eigenvalue weighted by atomic mass is 19.1. The van der Waals surface area contributed by atoms with Crippen LogP contribution < -0.4 is 10.9 Å². The molecule has 39 heavy (non-hydrogen) atoms. The van der Waals surface area contributed by atoms with Crippen molar-refractivity contribution in [3.63, 3.8) is 0 Å². The van der Waals surface area contributed by atoms with Crippen LogP contribution >= 0.6 is 0 Å². The normalized spacial score (nSPS) is 18.9. The third kappa shape index (κ3) is 3.80. The van der Waals surface area contributed by atoms with Crippen LogP contribution in [0.4, 0.5) is 4.39 Å². The summed E-state index contributed by atoms with van der Waals surface area (Å²) in [5.41, 5.74) is 5.91. The lowest BCUT2D eigenvalue weighted by Gasteiger charge is -2.35. The van der Waals surface area contributed by atoms with Crippen LogP contribution in [-0.4, -0.2) is 53.8 Å². The monoisotopic (exact) mass is 534 g/mol. The first-order valence-electron chi connectivity index (χ1n) is 13.3. The SMILES string of the molecule is CCC1C(=O)OCc2c1cc1n(c2=O)Cc2c-1nc1cc(F)c(C)c3c1c2C(N(C)C(=O)COCNC)CC3. The Labute approximate surface area is 224 Å². The molecule has 3 aromatic rings. The van der Waals surface area contributed by atoms with E-state index >= 15 is 4.39 Å². The molecule has 1 N–H and O–H groups in total. The van der Waals surface area contributed by atoms with E-state index in [2.05, 4.69) is 5.32 Å². The van der Waals surface area contributed by atoms with E-state index in [1.165, 1.54) is 6.07 Å². The number of aromatic nitrogens is 2. The number of esters is 1. The van der Waals surface area contributed by atoms with Crippen molar-refractivity contribution in [3.8, 4) is 11.4 Å². The number of benzene rings is 1. The van der Waals surface area contributed by atoms with Gasteiger partial charge in [0.15, 0.2) is 0 Å². The maximum atomic E-state index is 15.1. The van der Waals surface area contributed by atoms with Gasteiger partial charge in [-0.3, -0.25) is 19.7 Å². The molecule has 1 aromatic carbocycles. The van der Waals surface area contributed by atoms with Gasteiger partial charge in [0.2, 0.25) is 5.91 Å². The van der Waals surface area contributed by atoms with E-state index in [4.69, 9.17) is 14.5 Å². The molecule has 2 aromatic heterocycles. The van der Waals surface area contributed by atoms with Gasteiger partial charge in [0.25, 0.3) is 5.56 Å². The summed E-state index contributed by atoms with van der Waals surface area (Å²) in [4.78, 5) is 45.9. The quantitative estimate of drug-likeness (QED) is 0.230. The minimum Gasteiger partial charge on any atom is -0.460 e. The zero-order chi connectivity index (χ0) is 27.6. The highest BCUT2D eigenvalue weighted by molar-refractivity contribution is 5.93. The van der Waals surface area contributed by atoms with E-state index in [-0.39, 0.29) is 55.8 Å². The van der Waals surface area contributed by atoms with Crippen molar-refractivity contribution < 1.29 is 23.5 Å². The van der Waals surface area contributed by atoms with E-state index in [1.807, 2.05) is 13.0 Å². The van der Waals surface area contributed by atoms with Gasteiger partial charge in [0.1, 0.15) is 19.0 Å². The van der Waals surface area contributed by atoms with E-state index in [0.717, 1.165) is 22.1 Å². The van der Waals surface area contributed by atoms with Crippen molar-refractivity contribution in [1.82, 2.24) is 19.8 Å². The second-order valence-corrected chi connectivity index (χ2v) is 10.5. The number of ether oxygens (including phenoxy) is 2. The summed E-state index contributed by atoms with van der Waals surface area (Å²) in [7, 11) is 3.50. The van der Waals surface area contributed by atoms with E-state index in [1.54, 1.807) is 30.5 Å². The summed E-state index contributed by atoms with van der Waals surface area (Å²) in [6.45, 7) is 4.08. The number of hydrogen-bond donors (Lipinski definition) is 1. The van der Waals surface area contributed by atoms with Crippen LogP contribution in [-0.2, 0) is 38.6 Å². The van der Waals surface area contributed by atoms with E-state index in [0.29, 0.717) is 52.9 Å². The van der Waals surface area contributed by atoms with Crippen molar-refractivity contribution in [2.45, 2.75) is 58.2 Å². The lowest BCUT2D eigenvalue weighted by Crippen LogP contribution is -2.37. The molecule has 6 rings (SSSR count). The number of cyclic esters (lactones) is 1. The number of carbonyl (C=O) groups excluding carboxylic acids is 2. The molecule has 1 aliphatic carbocycles. The molecule has 2 unspecified atom stereocenters. The van der Waals surface area contributed by atoms with Gasteiger partial charge >= 0.3 is 5.97 Å². The number of nitrogens with zero attached hydrogens (tertiary/aromatic N) is 3. The van der Waals surface area contributed by atoms with Gasteiger partial charge in [-0.05, 0) is 61.6 Å². The zero-order valence-corrected chi connectivity index (χ0v) is 22.5. The highest BCUT2D eigenvalue weighted by Gasteiger charge is 2.38. The van der Waals surface area contributed by atoms with Gasteiger partial charge in [-0.2, -0.15) is 0 Å². The number of aryl methyl sites for hydroxylation is 1. The standard InChI is InChI=1S/C29H31FN4O5/c1-5-15-17-8-23-27-18(10-34(23)28(36)19(17)11-39-29(15)37)26-22(33(4)24(35)12-38-13-31-3)7-6-16-14(2)20(30)9-21(32-27)25(16)26/h8-9,15,22,31H,5-7,10-13H2,1-4H3. The van der Waals surface area contributed by atoms with Gasteiger partial charge in [-0.25, -0.2) is 9.37 Å². The summed E-state index contributed by atoms with van der Waals surface area (Å²) in [5.74, 6) is -1.34. The third-order valence-electron chi connectivity index (χ3n) is 8.50. The molecule has 2 atom stereocenters. The number of nitrogens with one attached hydrogen (secondary N) is 1. The first-order valence-corrected chi connectivity index (χ1v) is 13.3. The predicted octanol–water partition coefficient (Wildman–Crippen LogP) is 3.06. The van der Waals surface area contributed by atoms with Crippen molar-refractivity contribution >= 4 is 22.8 Å². The largest absolute Gasteiger partial charge is 0.460 e. The zero-order valence-electron chi connectivity index (χ0n) is 22.5. The fourth-order valence-electron chi connectivity index (χ4n) is 6.46. The molecule has 0 fully saturated rings. The molecule has 0 saturated carbocycles. The number of likely N-dealkylation sites (N-methyl/N-ethyl adjacent to an activating group) is 1. The summed E-state index contributed by atoms with van der Waals surface area (Å²) >= 11 is 0. The van der Waals surface area contributed by atoms with Crippen LogP contribution in [0.15, 0.2) is 16.9 Å². The Kier molecular flexibility index (Phi) is 6.27. The Bertz CT molecular complexity index is 1610. The Hall–Kier alpha value is -3.63. The molecule has 0 saturated heterocycles. The molecule has 3 aliphatic rings. The van der Waals surface area contributed by atoms with E-state index in [9.17, 15) is 14.4 Å². The fourth-order valence-corrected chi connectivity index (χ4v) is 6.46. The minimum atomic E-state index is -0.518. The smallest absolute Gasteiger partial charge is 0.313 e. The number of halogens is 1. The molecule has 0 radical (unpaired) electrons. The molecule has 9 nitrogen and oxygen atoms in total. The van der Waals surface area contributed by atoms with Crippen LogP contribution in [0, 0.1) is 12.7 Å². The number of carbonyl (C=O) groups is 2. The third-order valence-corrected chi connectivity index (χ3v) is 8.50. The summed E-state index contributed by atoms with van der Waals surface area (Å²) in [6.07, 6.45) is 1.72. The van der Waals surface area contributed by atoms with Crippen LogP contribution in [0.2, 0.25) is 0 Å². The number of rotatable bonds is 6. The molecule has 204 valence electrons. The summed E-state index contributed by atoms with van der Waals surface area (Å²) < 4.78 is 27.5. The van der Waals surface area contributed by atoms with Crippen LogP contribution in [0.25, 0.3) is 22.3 Å². The van der Waals surface area contributed by atoms with Gasteiger partial charge in [-0.1, -0.05) is 6.92 Å². The van der Waals surface area contributed by atoms with Crippen molar-refractivity contribution in [1.29, 1.82) is 0 Å². The molecule has 0 bridgehead atoms. The van der Waals surface area contributed by atoms with Gasteiger partial charge < -0.3 is 18.9 Å². The summed E-state index contributed by atoms with van der Waals surface area (Å²) in [6, 6.07) is 3.04. The van der Waals surface area contributed by atoms with Crippen LogP contribution in [0.3, 0.4) is 0 Å². The first-order chi connectivity index (χ1) is 18.8. The molecular formula is C29H31FN4O5. The molecule has 2 aliphatic heterocycles. The van der Waals surface area contributed by atoms with Crippen LogP contribution in [0.1, 0.15) is 65.1 Å². The van der Waals surface area contributed by atoms with Crippen molar-refractivity contribution in [2.75, 3.05) is 27.4 Å². The molecule has 0 spiro atoms. The second kappa shape index (κ2) is 9.53. The molecule has 4 heterocycles. The van der Waals surface area contributed by atoms with Crippen molar-refractivity contribution in [3.05, 3.63) is 61.7 Å². The number of pyridine rings is 2. The molecule has 10 heteroatoms. The van der Waals surface area contributed by atoms with Gasteiger partial charge in [-0.15, -0.1) is 0 Å². The topological polar surface area (TPSA) is 103 Å². The number of hydrogen-bond acceptors (Lipinski definition) is 7. The minimum absolute atomic E-state index is 0.0522. The lowest BCUT2D eigenvalue weighted by atomic mass is 9.81. The fraction of sp³-hybridized carbons (Fsp3) is 0.448. The van der Waals surface area contributed by atoms with Crippen LogP contribution in [0.5, 0.6) is 0 Å². The number of amides is 1. The second-order valence-electron chi connectivity index (χ2n) is 10.5. The predicted molar refractivity (Wildman–Crippen MR) is 142 cm³/mol. The van der Waals surface area contributed by atoms with Crippen molar-refractivity contribution in [2.24, 2.45) is 0 Å². The highest BCUT2D eigenvalue weighted by Crippen LogP contribution is 2.47. The maximum absolute atomic E-state index is 15.1. The maximum Gasteiger partial charge on any atom is 0.313 e. The average Bonchev–Trinajstić information content (AvgIpc) is 3.29.